The highest BCUT2D eigenvalue weighted by molar-refractivity contribution is 7.47. The lowest BCUT2D eigenvalue weighted by molar-refractivity contribution is -0.161. The number of hydrogen-bond donors (Lipinski definition) is 2. The van der Waals surface area contributed by atoms with Crippen molar-refractivity contribution < 1.29 is 37.6 Å². The van der Waals surface area contributed by atoms with Gasteiger partial charge in [0.15, 0.2) is 6.10 Å². The predicted octanol–water partition coefficient (Wildman–Crippen LogP) is 12.2. The van der Waals surface area contributed by atoms with Gasteiger partial charge in [-0.25, -0.2) is 4.57 Å². The minimum atomic E-state index is -4.38. The fourth-order valence-corrected chi connectivity index (χ4v) is 6.69. The van der Waals surface area contributed by atoms with Crippen molar-refractivity contribution in [1.82, 2.24) is 0 Å². The highest BCUT2D eigenvalue weighted by atomic mass is 31.2. The minimum absolute atomic E-state index is 0.0500. The van der Waals surface area contributed by atoms with E-state index in [1.54, 1.807) is 0 Å². The molecule has 0 aromatic carbocycles. The molecule has 0 aliphatic heterocycles. The molecular formula is C43H80NO8P. The molecule has 2 unspecified atom stereocenters. The summed E-state index contributed by atoms with van der Waals surface area (Å²) in [6.07, 6.45) is 43.2. The Labute approximate surface area is 324 Å². The number of rotatable bonds is 40. The first-order valence-corrected chi connectivity index (χ1v) is 23.0. The number of carbonyl (C=O) groups is 2. The Bertz CT molecular complexity index is 970. The van der Waals surface area contributed by atoms with E-state index < -0.39 is 26.5 Å². The quantitative estimate of drug-likeness (QED) is 0.0270. The van der Waals surface area contributed by atoms with Gasteiger partial charge in [0, 0.05) is 19.4 Å². The molecule has 0 amide bonds. The van der Waals surface area contributed by atoms with Gasteiger partial charge in [0.05, 0.1) is 13.2 Å². The van der Waals surface area contributed by atoms with Crippen LogP contribution in [0.15, 0.2) is 36.5 Å². The molecule has 10 heteroatoms. The highest BCUT2D eigenvalue weighted by Crippen LogP contribution is 2.43. The smallest absolute Gasteiger partial charge is 0.462 e. The van der Waals surface area contributed by atoms with Crippen molar-refractivity contribution in [2.45, 2.75) is 200 Å². The van der Waals surface area contributed by atoms with Crippen LogP contribution in [0.4, 0.5) is 0 Å². The lowest BCUT2D eigenvalue weighted by Gasteiger charge is -2.19. The van der Waals surface area contributed by atoms with Crippen molar-refractivity contribution in [3.63, 3.8) is 0 Å². The molecule has 0 aromatic rings. The van der Waals surface area contributed by atoms with Crippen LogP contribution >= 0.6 is 7.82 Å². The van der Waals surface area contributed by atoms with Crippen LogP contribution in [0.1, 0.15) is 194 Å². The molecule has 0 aromatic heterocycles. The molecule has 0 radical (unpaired) electrons. The first kappa shape index (κ1) is 51.2. The SMILES string of the molecule is CC/C=C/C=C/C=C/CCCCCCCC(=O)OC(COC(=O)CCCCCCCCCCCCCCCCCCCCC)COP(=O)(O)OCCN. The zero-order chi connectivity index (χ0) is 38.9. The summed E-state index contributed by atoms with van der Waals surface area (Å²) >= 11 is 0. The van der Waals surface area contributed by atoms with Gasteiger partial charge in [-0.15, -0.1) is 0 Å². The fraction of sp³-hybridized carbons (Fsp3) is 0.814. The van der Waals surface area contributed by atoms with Crippen molar-refractivity contribution in [3.05, 3.63) is 36.5 Å². The molecule has 0 aliphatic rings. The maximum absolute atomic E-state index is 12.5. The third kappa shape index (κ3) is 39.7. The van der Waals surface area contributed by atoms with Crippen molar-refractivity contribution in [2.24, 2.45) is 5.73 Å². The number of phosphoric ester groups is 1. The minimum Gasteiger partial charge on any atom is -0.462 e. The average molecular weight is 770 g/mol. The molecule has 3 N–H and O–H groups in total. The van der Waals surface area contributed by atoms with Gasteiger partial charge in [-0.05, 0) is 32.1 Å². The molecule has 0 heterocycles. The standard InChI is InChI=1S/C43H80NO8P/c1-3-5-7-9-11-13-15-17-18-19-20-21-22-24-25-27-29-31-33-35-42(45)49-39-41(40-51-53(47,48)50-38-37-44)52-43(46)36-34-32-30-28-26-23-16-14-12-10-8-6-4-2/h6,8,10,12,14,16,41H,3-5,7,9,11,13,15,17-40,44H2,1-2H3,(H,47,48)/b8-6+,12-10+,16-14+. The van der Waals surface area contributed by atoms with Gasteiger partial charge < -0.3 is 20.1 Å². The van der Waals surface area contributed by atoms with Crippen LogP contribution in [-0.2, 0) is 32.7 Å². The van der Waals surface area contributed by atoms with Gasteiger partial charge in [0.1, 0.15) is 6.61 Å². The molecule has 9 nitrogen and oxygen atoms in total. The Morgan fingerprint density at radius 3 is 1.53 bits per heavy atom. The maximum Gasteiger partial charge on any atom is 0.472 e. The third-order valence-corrected chi connectivity index (χ3v) is 10.1. The first-order chi connectivity index (χ1) is 25.8. The van der Waals surface area contributed by atoms with Crippen LogP contribution in [-0.4, -0.2) is 49.3 Å². The Morgan fingerprint density at radius 1 is 0.585 bits per heavy atom. The summed E-state index contributed by atoms with van der Waals surface area (Å²) in [7, 11) is -4.38. The number of hydrogen-bond acceptors (Lipinski definition) is 8. The molecule has 310 valence electrons. The van der Waals surface area contributed by atoms with Crippen LogP contribution in [0.25, 0.3) is 0 Å². The van der Waals surface area contributed by atoms with Gasteiger partial charge in [-0.1, -0.05) is 185 Å². The summed E-state index contributed by atoms with van der Waals surface area (Å²) in [6, 6.07) is 0. The van der Waals surface area contributed by atoms with Crippen molar-refractivity contribution >= 4 is 19.8 Å². The van der Waals surface area contributed by atoms with Crippen LogP contribution < -0.4 is 5.73 Å². The predicted molar refractivity (Wildman–Crippen MR) is 220 cm³/mol. The summed E-state index contributed by atoms with van der Waals surface area (Å²) in [4.78, 5) is 34.8. The molecule has 0 rings (SSSR count). The number of phosphoric acid groups is 1. The Hall–Kier alpha value is -1.77. The first-order valence-electron chi connectivity index (χ1n) is 21.5. The number of nitrogens with two attached hydrogens (primary N) is 1. The second-order valence-electron chi connectivity index (χ2n) is 14.3. The Balaban J connectivity index is 4.11. The largest absolute Gasteiger partial charge is 0.472 e. The summed E-state index contributed by atoms with van der Waals surface area (Å²) in [6.45, 7) is 3.59. The van der Waals surface area contributed by atoms with Gasteiger partial charge in [0.2, 0.25) is 0 Å². The Morgan fingerprint density at radius 2 is 1.04 bits per heavy atom. The van der Waals surface area contributed by atoms with Crippen LogP contribution in [0.5, 0.6) is 0 Å². The zero-order valence-electron chi connectivity index (χ0n) is 34.0. The molecule has 0 saturated heterocycles. The van der Waals surface area contributed by atoms with E-state index >= 15 is 0 Å². The molecule has 0 aliphatic carbocycles. The van der Waals surface area contributed by atoms with Crippen LogP contribution in [0.3, 0.4) is 0 Å². The summed E-state index contributed by atoms with van der Waals surface area (Å²) < 4.78 is 32.7. The van der Waals surface area contributed by atoms with E-state index in [1.165, 1.54) is 103 Å². The number of ether oxygens (including phenoxy) is 2. The van der Waals surface area contributed by atoms with Gasteiger partial charge >= 0.3 is 19.8 Å². The number of allylic oxidation sites excluding steroid dienone is 6. The monoisotopic (exact) mass is 770 g/mol. The van der Waals surface area contributed by atoms with E-state index in [4.69, 9.17) is 24.3 Å². The van der Waals surface area contributed by atoms with E-state index in [0.717, 1.165) is 57.8 Å². The topological polar surface area (TPSA) is 134 Å². The van der Waals surface area contributed by atoms with E-state index in [0.29, 0.717) is 6.42 Å². The maximum atomic E-state index is 12.5. The van der Waals surface area contributed by atoms with Crippen molar-refractivity contribution in [3.8, 4) is 0 Å². The number of esters is 2. The second-order valence-corrected chi connectivity index (χ2v) is 15.7. The van der Waals surface area contributed by atoms with Gasteiger partial charge in [-0.2, -0.15) is 0 Å². The zero-order valence-corrected chi connectivity index (χ0v) is 34.9. The average Bonchev–Trinajstić information content (AvgIpc) is 3.14. The molecule has 0 spiro atoms. The summed E-state index contributed by atoms with van der Waals surface area (Å²) in [5.74, 6) is -0.847. The summed E-state index contributed by atoms with van der Waals surface area (Å²) in [5.41, 5.74) is 5.34. The normalized spacial score (nSPS) is 13.7. The van der Waals surface area contributed by atoms with E-state index in [-0.39, 0.29) is 38.6 Å². The molecule has 0 saturated carbocycles. The number of carbonyl (C=O) groups excluding carboxylic acids is 2. The van der Waals surface area contributed by atoms with Gasteiger partial charge in [-0.3, -0.25) is 18.6 Å². The second kappa shape index (κ2) is 39.9. The van der Waals surface area contributed by atoms with Crippen LogP contribution in [0, 0.1) is 0 Å². The van der Waals surface area contributed by atoms with Crippen molar-refractivity contribution in [1.29, 1.82) is 0 Å². The lowest BCUT2D eigenvalue weighted by Crippen LogP contribution is -2.29. The lowest BCUT2D eigenvalue weighted by atomic mass is 10.0. The van der Waals surface area contributed by atoms with E-state index in [2.05, 4.69) is 32.1 Å². The van der Waals surface area contributed by atoms with E-state index in [9.17, 15) is 19.0 Å². The molecular weight excluding hydrogens is 689 g/mol. The molecule has 2 atom stereocenters. The van der Waals surface area contributed by atoms with Gasteiger partial charge in [0.25, 0.3) is 0 Å². The van der Waals surface area contributed by atoms with E-state index in [1.807, 2.05) is 18.2 Å². The number of unbranched alkanes of at least 4 members (excludes halogenated alkanes) is 23. The summed E-state index contributed by atoms with van der Waals surface area (Å²) in [5, 5.41) is 0. The molecule has 0 bridgehead atoms. The molecule has 53 heavy (non-hydrogen) atoms. The fourth-order valence-electron chi connectivity index (χ4n) is 5.93. The molecule has 0 fully saturated rings. The van der Waals surface area contributed by atoms with Crippen LogP contribution in [0.2, 0.25) is 0 Å². The highest BCUT2D eigenvalue weighted by Gasteiger charge is 2.26. The van der Waals surface area contributed by atoms with Crippen molar-refractivity contribution in [2.75, 3.05) is 26.4 Å². The Kier molecular flexibility index (Phi) is 38.6. The third-order valence-electron chi connectivity index (χ3n) is 9.10.